The van der Waals surface area contributed by atoms with Gasteiger partial charge in [0.15, 0.2) is 0 Å². The summed E-state index contributed by atoms with van der Waals surface area (Å²) in [5.41, 5.74) is 5.45. The van der Waals surface area contributed by atoms with E-state index in [0.29, 0.717) is 12.6 Å². The van der Waals surface area contributed by atoms with Crippen LogP contribution in [-0.4, -0.2) is 31.8 Å². The molecule has 1 rings (SSSR count). The van der Waals surface area contributed by atoms with E-state index in [4.69, 9.17) is 10.5 Å². The zero-order chi connectivity index (χ0) is 8.10. The van der Waals surface area contributed by atoms with Crippen LogP contribution in [0.4, 0.5) is 0 Å². The maximum absolute atomic E-state index is 5.68. The standard InChI is InChI=1S/C8H18N2O/c1-7(6-9)11-8-2-4-10-5-3-8/h7-8,10H,2-6,9H2,1H3. The van der Waals surface area contributed by atoms with Crippen LogP contribution in [0, 0.1) is 0 Å². The first kappa shape index (κ1) is 8.97. The van der Waals surface area contributed by atoms with E-state index in [1.54, 1.807) is 0 Å². The number of nitrogens with two attached hydrogens (primary N) is 1. The fourth-order valence-corrected chi connectivity index (χ4v) is 1.32. The fraction of sp³-hybridized carbons (Fsp3) is 1.00. The Hall–Kier alpha value is -0.120. The van der Waals surface area contributed by atoms with Crippen LogP contribution < -0.4 is 11.1 Å². The Kier molecular flexibility index (Phi) is 3.83. The van der Waals surface area contributed by atoms with Crippen LogP contribution >= 0.6 is 0 Å². The lowest BCUT2D eigenvalue weighted by molar-refractivity contribution is -0.0125. The van der Waals surface area contributed by atoms with Crippen LogP contribution in [0.15, 0.2) is 0 Å². The minimum absolute atomic E-state index is 0.220. The summed E-state index contributed by atoms with van der Waals surface area (Å²) in [6, 6.07) is 0. The first-order valence-corrected chi connectivity index (χ1v) is 4.39. The van der Waals surface area contributed by atoms with E-state index in [1.807, 2.05) is 6.92 Å². The molecule has 3 heteroatoms. The van der Waals surface area contributed by atoms with Gasteiger partial charge in [-0.1, -0.05) is 0 Å². The summed E-state index contributed by atoms with van der Waals surface area (Å²) in [6.45, 7) is 4.83. The van der Waals surface area contributed by atoms with E-state index in [2.05, 4.69) is 5.32 Å². The highest BCUT2D eigenvalue weighted by molar-refractivity contribution is 4.69. The molecule has 3 nitrogen and oxygen atoms in total. The molecule has 11 heavy (non-hydrogen) atoms. The normalized spacial score (nSPS) is 23.5. The van der Waals surface area contributed by atoms with Gasteiger partial charge in [0.25, 0.3) is 0 Å². The Morgan fingerprint density at radius 1 is 1.55 bits per heavy atom. The van der Waals surface area contributed by atoms with Crippen LogP contribution in [0.3, 0.4) is 0 Å². The molecule has 1 fully saturated rings. The quantitative estimate of drug-likeness (QED) is 0.612. The molecule has 0 aromatic heterocycles. The third-order valence-corrected chi connectivity index (χ3v) is 2.04. The van der Waals surface area contributed by atoms with Gasteiger partial charge in [0, 0.05) is 6.54 Å². The molecular formula is C8H18N2O. The molecule has 0 amide bonds. The Morgan fingerprint density at radius 2 is 2.18 bits per heavy atom. The minimum atomic E-state index is 0.220. The van der Waals surface area contributed by atoms with Gasteiger partial charge in [-0.2, -0.15) is 0 Å². The van der Waals surface area contributed by atoms with Gasteiger partial charge in [-0.25, -0.2) is 0 Å². The number of piperidine rings is 1. The van der Waals surface area contributed by atoms with Crippen molar-refractivity contribution in [2.24, 2.45) is 5.73 Å². The predicted octanol–water partition coefficient (Wildman–Crippen LogP) is 0.102. The first-order valence-electron chi connectivity index (χ1n) is 4.39. The lowest BCUT2D eigenvalue weighted by Crippen LogP contribution is -2.35. The van der Waals surface area contributed by atoms with Gasteiger partial charge >= 0.3 is 0 Å². The summed E-state index contributed by atoms with van der Waals surface area (Å²) in [6.07, 6.45) is 2.92. The van der Waals surface area contributed by atoms with E-state index < -0.39 is 0 Å². The largest absolute Gasteiger partial charge is 0.374 e. The molecule has 0 radical (unpaired) electrons. The smallest absolute Gasteiger partial charge is 0.0672 e. The fourth-order valence-electron chi connectivity index (χ4n) is 1.32. The molecule has 66 valence electrons. The van der Waals surface area contributed by atoms with Crippen molar-refractivity contribution in [3.8, 4) is 0 Å². The second-order valence-corrected chi connectivity index (χ2v) is 3.13. The van der Waals surface area contributed by atoms with E-state index in [9.17, 15) is 0 Å². The molecule has 1 unspecified atom stereocenters. The molecule has 1 aliphatic rings. The predicted molar refractivity (Wildman–Crippen MR) is 45.5 cm³/mol. The van der Waals surface area contributed by atoms with Crippen molar-refractivity contribution in [2.75, 3.05) is 19.6 Å². The lowest BCUT2D eigenvalue weighted by Gasteiger charge is -2.25. The number of hydrogen-bond acceptors (Lipinski definition) is 3. The van der Waals surface area contributed by atoms with Crippen molar-refractivity contribution in [3.05, 3.63) is 0 Å². The van der Waals surface area contributed by atoms with Crippen LogP contribution in [0.25, 0.3) is 0 Å². The van der Waals surface area contributed by atoms with Crippen molar-refractivity contribution >= 4 is 0 Å². The van der Waals surface area contributed by atoms with E-state index in [-0.39, 0.29) is 6.10 Å². The topological polar surface area (TPSA) is 47.3 Å². The maximum atomic E-state index is 5.68. The van der Waals surface area contributed by atoms with E-state index >= 15 is 0 Å². The number of rotatable bonds is 3. The SMILES string of the molecule is CC(CN)OC1CCNCC1. The average Bonchev–Trinajstić information content (AvgIpc) is 2.06. The highest BCUT2D eigenvalue weighted by atomic mass is 16.5. The van der Waals surface area contributed by atoms with Crippen molar-refractivity contribution in [1.29, 1.82) is 0 Å². The summed E-state index contributed by atoms with van der Waals surface area (Å²) in [5.74, 6) is 0. The van der Waals surface area contributed by atoms with E-state index in [1.165, 1.54) is 0 Å². The van der Waals surface area contributed by atoms with Crippen molar-refractivity contribution in [1.82, 2.24) is 5.32 Å². The molecule has 0 saturated carbocycles. The van der Waals surface area contributed by atoms with Gasteiger partial charge in [0.2, 0.25) is 0 Å². The molecule has 0 bridgehead atoms. The van der Waals surface area contributed by atoms with Gasteiger partial charge in [-0.15, -0.1) is 0 Å². The lowest BCUT2D eigenvalue weighted by atomic mass is 10.1. The molecule has 0 aliphatic carbocycles. The second kappa shape index (κ2) is 4.70. The average molecular weight is 158 g/mol. The van der Waals surface area contributed by atoms with Gasteiger partial charge in [0.1, 0.15) is 0 Å². The Morgan fingerprint density at radius 3 is 2.73 bits per heavy atom. The third kappa shape index (κ3) is 3.18. The Balaban J connectivity index is 2.13. The highest BCUT2D eigenvalue weighted by Crippen LogP contribution is 2.08. The first-order chi connectivity index (χ1) is 5.33. The molecular weight excluding hydrogens is 140 g/mol. The summed E-state index contributed by atoms with van der Waals surface area (Å²) < 4.78 is 5.68. The van der Waals surface area contributed by atoms with Crippen molar-refractivity contribution < 1.29 is 4.74 Å². The van der Waals surface area contributed by atoms with Crippen LogP contribution in [0.1, 0.15) is 19.8 Å². The summed E-state index contributed by atoms with van der Waals surface area (Å²) >= 11 is 0. The van der Waals surface area contributed by atoms with Crippen molar-refractivity contribution in [2.45, 2.75) is 32.0 Å². The molecule has 0 aromatic rings. The Bertz CT molecular complexity index is 102. The molecule has 1 heterocycles. The number of hydrogen-bond donors (Lipinski definition) is 2. The zero-order valence-corrected chi connectivity index (χ0v) is 7.18. The molecule has 1 saturated heterocycles. The minimum Gasteiger partial charge on any atom is -0.374 e. The monoisotopic (exact) mass is 158 g/mol. The third-order valence-electron chi connectivity index (χ3n) is 2.04. The van der Waals surface area contributed by atoms with Crippen LogP contribution in [0.2, 0.25) is 0 Å². The maximum Gasteiger partial charge on any atom is 0.0672 e. The van der Waals surface area contributed by atoms with Gasteiger partial charge in [-0.3, -0.25) is 0 Å². The number of nitrogens with one attached hydrogen (secondary N) is 1. The molecule has 3 N–H and O–H groups in total. The van der Waals surface area contributed by atoms with Crippen LogP contribution in [0.5, 0.6) is 0 Å². The van der Waals surface area contributed by atoms with Gasteiger partial charge in [-0.05, 0) is 32.9 Å². The summed E-state index contributed by atoms with van der Waals surface area (Å²) in [7, 11) is 0. The van der Waals surface area contributed by atoms with Gasteiger partial charge < -0.3 is 15.8 Å². The van der Waals surface area contributed by atoms with E-state index in [0.717, 1.165) is 25.9 Å². The molecule has 1 aliphatic heterocycles. The molecule has 1 atom stereocenters. The molecule has 0 aromatic carbocycles. The van der Waals surface area contributed by atoms with Crippen molar-refractivity contribution in [3.63, 3.8) is 0 Å². The zero-order valence-electron chi connectivity index (χ0n) is 7.18. The van der Waals surface area contributed by atoms with Crippen LogP contribution in [-0.2, 0) is 4.74 Å². The summed E-state index contributed by atoms with van der Waals surface area (Å²) in [4.78, 5) is 0. The second-order valence-electron chi connectivity index (χ2n) is 3.13. The van der Waals surface area contributed by atoms with Gasteiger partial charge in [0.05, 0.1) is 12.2 Å². The number of ether oxygens (including phenoxy) is 1. The molecule has 0 spiro atoms. The Labute approximate surface area is 68.3 Å². The highest BCUT2D eigenvalue weighted by Gasteiger charge is 2.15. The summed E-state index contributed by atoms with van der Waals surface area (Å²) in [5, 5.41) is 3.29.